The van der Waals surface area contributed by atoms with Gasteiger partial charge in [-0.15, -0.1) is 0 Å². The predicted octanol–water partition coefficient (Wildman–Crippen LogP) is 0.0969. The van der Waals surface area contributed by atoms with Crippen molar-refractivity contribution in [1.82, 2.24) is 9.88 Å². The number of hydrogen-bond acceptors (Lipinski definition) is 4. The topological polar surface area (TPSA) is 96.5 Å². The fourth-order valence-electron chi connectivity index (χ4n) is 1.90. The van der Waals surface area contributed by atoms with Crippen molar-refractivity contribution in [2.24, 2.45) is 5.92 Å². The zero-order valence-electron chi connectivity index (χ0n) is 9.17. The Labute approximate surface area is 98.1 Å². The number of carboxylic acid groups (broad SMARTS) is 1. The molecule has 6 heteroatoms. The first-order chi connectivity index (χ1) is 8.06. The zero-order chi connectivity index (χ0) is 12.4. The van der Waals surface area contributed by atoms with Gasteiger partial charge in [0.15, 0.2) is 0 Å². The van der Waals surface area contributed by atoms with Crippen LogP contribution in [-0.4, -0.2) is 33.4 Å². The lowest BCUT2D eigenvalue weighted by Gasteiger charge is -2.15. The van der Waals surface area contributed by atoms with Crippen molar-refractivity contribution in [2.45, 2.75) is 13.0 Å². The van der Waals surface area contributed by atoms with Gasteiger partial charge in [-0.3, -0.25) is 9.59 Å². The maximum Gasteiger partial charge on any atom is 0.308 e. The second-order valence-corrected chi connectivity index (χ2v) is 4.10. The molecule has 1 fully saturated rings. The van der Waals surface area contributed by atoms with Crippen LogP contribution in [0.15, 0.2) is 18.3 Å². The van der Waals surface area contributed by atoms with Crippen LogP contribution in [0.25, 0.3) is 0 Å². The predicted molar refractivity (Wildman–Crippen MR) is 59.8 cm³/mol. The SMILES string of the molecule is Nc1cc(CN2CC(C(=O)O)CC2=O)ccn1. The first-order valence-corrected chi connectivity index (χ1v) is 5.27. The van der Waals surface area contributed by atoms with E-state index < -0.39 is 11.9 Å². The van der Waals surface area contributed by atoms with E-state index >= 15 is 0 Å². The average molecular weight is 235 g/mol. The molecule has 1 aliphatic rings. The molecule has 90 valence electrons. The Morgan fingerprint density at radius 3 is 3.00 bits per heavy atom. The third-order valence-corrected chi connectivity index (χ3v) is 2.78. The molecule has 0 radical (unpaired) electrons. The number of rotatable bonds is 3. The van der Waals surface area contributed by atoms with Gasteiger partial charge in [-0.05, 0) is 17.7 Å². The van der Waals surface area contributed by atoms with Crippen molar-refractivity contribution < 1.29 is 14.7 Å². The summed E-state index contributed by atoms with van der Waals surface area (Å²) in [6.07, 6.45) is 1.65. The number of aliphatic carboxylic acids is 1. The number of carbonyl (C=O) groups is 2. The van der Waals surface area contributed by atoms with Crippen LogP contribution >= 0.6 is 0 Å². The number of carbonyl (C=O) groups excluding carboxylic acids is 1. The third kappa shape index (κ3) is 2.52. The number of nitrogen functional groups attached to an aromatic ring is 1. The van der Waals surface area contributed by atoms with Crippen molar-refractivity contribution >= 4 is 17.7 Å². The molecule has 17 heavy (non-hydrogen) atoms. The summed E-state index contributed by atoms with van der Waals surface area (Å²) in [6.45, 7) is 0.645. The van der Waals surface area contributed by atoms with Crippen molar-refractivity contribution in [3.05, 3.63) is 23.9 Å². The van der Waals surface area contributed by atoms with Crippen LogP contribution in [0.1, 0.15) is 12.0 Å². The molecule has 1 aromatic heterocycles. The maximum absolute atomic E-state index is 11.6. The number of pyridine rings is 1. The van der Waals surface area contributed by atoms with Crippen molar-refractivity contribution in [1.29, 1.82) is 0 Å². The van der Waals surface area contributed by atoms with E-state index in [0.717, 1.165) is 5.56 Å². The Balaban J connectivity index is 2.05. The highest BCUT2D eigenvalue weighted by atomic mass is 16.4. The minimum Gasteiger partial charge on any atom is -0.481 e. The summed E-state index contributed by atoms with van der Waals surface area (Å²) in [4.78, 5) is 27.8. The highest BCUT2D eigenvalue weighted by Crippen LogP contribution is 2.20. The average Bonchev–Trinajstić information content (AvgIpc) is 2.61. The van der Waals surface area contributed by atoms with Crippen LogP contribution in [0, 0.1) is 5.92 Å². The lowest BCUT2D eigenvalue weighted by Crippen LogP contribution is -2.25. The van der Waals surface area contributed by atoms with Crippen LogP contribution in [0.4, 0.5) is 5.82 Å². The monoisotopic (exact) mass is 235 g/mol. The smallest absolute Gasteiger partial charge is 0.308 e. The van der Waals surface area contributed by atoms with Gasteiger partial charge in [0.25, 0.3) is 0 Å². The number of carboxylic acids is 1. The number of hydrogen-bond donors (Lipinski definition) is 2. The molecule has 1 unspecified atom stereocenters. The molecule has 1 amide bonds. The number of anilines is 1. The van der Waals surface area contributed by atoms with Gasteiger partial charge in [-0.25, -0.2) is 4.98 Å². The second kappa shape index (κ2) is 4.40. The fraction of sp³-hybridized carbons (Fsp3) is 0.364. The highest BCUT2D eigenvalue weighted by molar-refractivity contribution is 5.86. The van der Waals surface area contributed by atoms with Crippen molar-refractivity contribution in [2.75, 3.05) is 12.3 Å². The summed E-state index contributed by atoms with van der Waals surface area (Å²) < 4.78 is 0. The summed E-state index contributed by atoms with van der Waals surface area (Å²) >= 11 is 0. The molecule has 1 aliphatic heterocycles. The summed E-state index contributed by atoms with van der Waals surface area (Å²) in [5.41, 5.74) is 6.39. The molecule has 1 saturated heterocycles. The van der Waals surface area contributed by atoms with Crippen LogP contribution in [-0.2, 0) is 16.1 Å². The van der Waals surface area contributed by atoms with Gasteiger partial charge in [0, 0.05) is 25.7 Å². The molecule has 0 spiro atoms. The molecule has 1 aromatic rings. The standard InChI is InChI=1S/C11H13N3O3/c12-9-3-7(1-2-13-9)5-14-6-8(11(16)17)4-10(14)15/h1-3,8H,4-6H2,(H2,12,13)(H,16,17). The molecule has 0 saturated carbocycles. The van der Waals surface area contributed by atoms with E-state index in [9.17, 15) is 9.59 Å². The van der Waals surface area contributed by atoms with Crippen molar-refractivity contribution in [3.63, 3.8) is 0 Å². The maximum atomic E-state index is 11.6. The quantitative estimate of drug-likeness (QED) is 0.774. The Hall–Kier alpha value is -2.11. The molecule has 0 aliphatic carbocycles. The van der Waals surface area contributed by atoms with Gasteiger partial charge in [0.05, 0.1) is 5.92 Å². The summed E-state index contributed by atoms with van der Waals surface area (Å²) in [6, 6.07) is 3.44. The molecule has 2 heterocycles. The van der Waals surface area contributed by atoms with E-state index in [2.05, 4.69) is 4.98 Å². The first-order valence-electron chi connectivity index (χ1n) is 5.27. The van der Waals surface area contributed by atoms with Crippen LogP contribution in [0.5, 0.6) is 0 Å². The van der Waals surface area contributed by atoms with Crippen LogP contribution in [0.3, 0.4) is 0 Å². The molecule has 6 nitrogen and oxygen atoms in total. The van der Waals surface area contributed by atoms with Gasteiger partial charge >= 0.3 is 5.97 Å². The molecule has 3 N–H and O–H groups in total. The van der Waals surface area contributed by atoms with E-state index in [-0.39, 0.29) is 18.9 Å². The molecular weight excluding hydrogens is 222 g/mol. The van der Waals surface area contributed by atoms with E-state index in [1.54, 1.807) is 18.3 Å². The van der Waals surface area contributed by atoms with Gasteiger partial charge < -0.3 is 15.7 Å². The molecular formula is C11H13N3O3. The van der Waals surface area contributed by atoms with Gasteiger partial charge in [-0.2, -0.15) is 0 Å². The largest absolute Gasteiger partial charge is 0.481 e. The van der Waals surface area contributed by atoms with Gasteiger partial charge in [0.2, 0.25) is 5.91 Å². The van der Waals surface area contributed by atoms with Crippen LogP contribution in [0.2, 0.25) is 0 Å². The minimum atomic E-state index is -0.921. The summed E-state index contributed by atoms with van der Waals surface area (Å²) in [7, 11) is 0. The Morgan fingerprint density at radius 1 is 1.65 bits per heavy atom. The lowest BCUT2D eigenvalue weighted by molar-refractivity contribution is -0.141. The molecule has 0 aromatic carbocycles. The lowest BCUT2D eigenvalue weighted by atomic mass is 10.1. The number of aromatic nitrogens is 1. The zero-order valence-corrected chi connectivity index (χ0v) is 9.17. The first kappa shape index (κ1) is 11.4. The normalized spacial score (nSPS) is 19.6. The molecule has 0 bridgehead atoms. The number of likely N-dealkylation sites (tertiary alicyclic amines) is 1. The van der Waals surface area contributed by atoms with E-state index in [1.807, 2.05) is 0 Å². The van der Waals surface area contributed by atoms with E-state index in [4.69, 9.17) is 10.8 Å². The molecule has 2 rings (SSSR count). The number of amides is 1. The second-order valence-electron chi connectivity index (χ2n) is 4.10. The van der Waals surface area contributed by atoms with E-state index in [1.165, 1.54) is 4.90 Å². The minimum absolute atomic E-state index is 0.0793. The van der Waals surface area contributed by atoms with E-state index in [0.29, 0.717) is 12.4 Å². The Morgan fingerprint density at radius 2 is 2.41 bits per heavy atom. The van der Waals surface area contributed by atoms with Crippen LogP contribution < -0.4 is 5.73 Å². The third-order valence-electron chi connectivity index (χ3n) is 2.78. The number of nitrogens with zero attached hydrogens (tertiary/aromatic N) is 2. The summed E-state index contributed by atoms with van der Waals surface area (Å²) in [5.74, 6) is -1.26. The number of nitrogens with two attached hydrogens (primary N) is 1. The van der Waals surface area contributed by atoms with Gasteiger partial charge in [0.1, 0.15) is 5.82 Å². The summed E-state index contributed by atoms with van der Waals surface area (Å²) in [5, 5.41) is 8.85. The fourth-order valence-corrected chi connectivity index (χ4v) is 1.90. The molecule has 1 atom stereocenters. The van der Waals surface area contributed by atoms with Crippen molar-refractivity contribution in [3.8, 4) is 0 Å². The Bertz CT molecular complexity index is 461. The van der Waals surface area contributed by atoms with Gasteiger partial charge in [-0.1, -0.05) is 0 Å². The Kier molecular flexibility index (Phi) is 2.95. The highest BCUT2D eigenvalue weighted by Gasteiger charge is 2.33.